The lowest BCUT2D eigenvalue weighted by Gasteiger charge is -2.45. The number of hydrogen-bond acceptors (Lipinski definition) is 5. The van der Waals surface area contributed by atoms with E-state index in [1.807, 2.05) is 39.0 Å². The summed E-state index contributed by atoms with van der Waals surface area (Å²) in [5.41, 5.74) is 5.77. The Balaban J connectivity index is 1.40. The molecule has 0 aliphatic carbocycles. The van der Waals surface area contributed by atoms with Crippen LogP contribution in [0, 0.1) is 27.7 Å². The molecule has 5 nitrogen and oxygen atoms in total. The average Bonchev–Trinajstić information content (AvgIpc) is 2.76. The summed E-state index contributed by atoms with van der Waals surface area (Å²) in [5, 5.41) is 0.733. The first-order chi connectivity index (χ1) is 16.2. The molecule has 34 heavy (non-hydrogen) atoms. The number of halogens is 1. The Morgan fingerprint density at radius 1 is 1.03 bits per heavy atom. The molecular weight excluding hydrogens is 446 g/mol. The predicted molar refractivity (Wildman–Crippen MR) is 135 cm³/mol. The first-order valence-corrected chi connectivity index (χ1v) is 12.3. The van der Waals surface area contributed by atoms with Gasteiger partial charge < -0.3 is 9.64 Å². The van der Waals surface area contributed by atoms with E-state index in [0.29, 0.717) is 6.42 Å². The van der Waals surface area contributed by atoms with Gasteiger partial charge in [0.05, 0.1) is 12.0 Å². The van der Waals surface area contributed by atoms with E-state index in [0.717, 1.165) is 82.7 Å². The van der Waals surface area contributed by atoms with Crippen molar-refractivity contribution < 1.29 is 9.53 Å². The Morgan fingerprint density at radius 2 is 1.74 bits per heavy atom. The fourth-order valence-corrected chi connectivity index (χ4v) is 5.54. The van der Waals surface area contributed by atoms with Gasteiger partial charge in [-0.1, -0.05) is 29.8 Å². The number of ether oxygens (including phenoxy) is 1. The molecule has 2 aliphatic heterocycles. The molecule has 0 atom stereocenters. The third kappa shape index (κ3) is 4.29. The zero-order valence-corrected chi connectivity index (χ0v) is 21.0. The Morgan fingerprint density at radius 3 is 2.44 bits per heavy atom. The molecule has 176 valence electrons. The number of carbonyl (C=O) groups excluding carboxylic acids is 1. The van der Waals surface area contributed by atoms with Crippen LogP contribution >= 0.6 is 11.6 Å². The van der Waals surface area contributed by atoms with Gasteiger partial charge in [0, 0.05) is 48.6 Å². The van der Waals surface area contributed by atoms with Crippen molar-refractivity contribution in [3.63, 3.8) is 0 Å². The highest BCUT2D eigenvalue weighted by Gasteiger charge is 2.44. The lowest BCUT2D eigenvalue weighted by atomic mass is 9.81. The van der Waals surface area contributed by atoms with Crippen LogP contribution in [-0.4, -0.2) is 34.4 Å². The SMILES string of the molecule is Cc1cc(C)c2c(c1)OC1(CCN(c3nc(C)nc(C)c3Cc3ccc(Cl)cc3)CC1)CC2=O. The fourth-order valence-electron chi connectivity index (χ4n) is 5.41. The van der Waals surface area contributed by atoms with Crippen LogP contribution in [0.3, 0.4) is 0 Å². The number of aryl methyl sites for hydroxylation is 4. The Hall–Kier alpha value is -2.92. The minimum absolute atomic E-state index is 0.198. The maximum Gasteiger partial charge on any atom is 0.170 e. The number of anilines is 1. The molecule has 0 unspecified atom stereocenters. The molecule has 0 radical (unpaired) electrons. The Labute approximate surface area is 206 Å². The molecule has 0 amide bonds. The molecule has 1 spiro atoms. The second kappa shape index (κ2) is 8.70. The molecule has 2 aliphatic rings. The van der Waals surface area contributed by atoms with Gasteiger partial charge in [-0.05, 0) is 62.6 Å². The molecule has 0 N–H and O–H groups in total. The number of piperidine rings is 1. The highest BCUT2D eigenvalue weighted by Crippen LogP contribution is 2.42. The van der Waals surface area contributed by atoms with Gasteiger partial charge in [-0.15, -0.1) is 0 Å². The van der Waals surface area contributed by atoms with E-state index in [2.05, 4.69) is 35.0 Å². The molecule has 0 bridgehead atoms. The van der Waals surface area contributed by atoms with Gasteiger partial charge in [0.15, 0.2) is 5.78 Å². The summed E-state index contributed by atoms with van der Waals surface area (Å²) in [7, 11) is 0. The smallest absolute Gasteiger partial charge is 0.170 e. The van der Waals surface area contributed by atoms with E-state index in [1.54, 1.807) is 0 Å². The monoisotopic (exact) mass is 475 g/mol. The number of Topliss-reactive ketones (excluding diaryl/α,β-unsaturated/α-hetero) is 1. The summed E-state index contributed by atoms with van der Waals surface area (Å²) in [6.45, 7) is 9.62. The van der Waals surface area contributed by atoms with Crippen LogP contribution in [-0.2, 0) is 6.42 Å². The van der Waals surface area contributed by atoms with Gasteiger partial charge >= 0.3 is 0 Å². The van der Waals surface area contributed by atoms with E-state index in [-0.39, 0.29) is 5.78 Å². The highest BCUT2D eigenvalue weighted by atomic mass is 35.5. The largest absolute Gasteiger partial charge is 0.486 e. The molecule has 5 rings (SSSR count). The normalized spacial score (nSPS) is 17.0. The molecule has 2 aromatic carbocycles. The third-order valence-electron chi connectivity index (χ3n) is 7.10. The average molecular weight is 476 g/mol. The van der Waals surface area contributed by atoms with Crippen molar-refractivity contribution in [1.29, 1.82) is 0 Å². The lowest BCUT2D eigenvalue weighted by molar-refractivity contribution is 0.0229. The summed E-state index contributed by atoms with van der Waals surface area (Å²) in [4.78, 5) is 24.9. The summed E-state index contributed by atoms with van der Waals surface area (Å²) in [6.07, 6.45) is 2.76. The second-order valence-electron chi connectivity index (χ2n) is 9.79. The number of benzene rings is 2. The third-order valence-corrected chi connectivity index (χ3v) is 7.36. The molecule has 1 fully saturated rings. The molecule has 0 saturated carbocycles. The van der Waals surface area contributed by atoms with Gasteiger partial charge in [0.2, 0.25) is 0 Å². The van der Waals surface area contributed by atoms with Crippen LogP contribution < -0.4 is 9.64 Å². The maximum atomic E-state index is 13.1. The standard InChI is InChI=1S/C28H30ClN3O2/c1-17-13-18(2)26-24(33)16-28(34-25(26)14-17)9-11-32(12-10-28)27-23(19(3)30-20(4)31-27)15-21-5-7-22(29)8-6-21/h5-8,13-14H,9-12,15-16H2,1-4H3. The predicted octanol–water partition coefficient (Wildman–Crippen LogP) is 5.96. The second-order valence-corrected chi connectivity index (χ2v) is 10.2. The van der Waals surface area contributed by atoms with Crippen molar-refractivity contribution in [1.82, 2.24) is 9.97 Å². The molecular formula is C28H30ClN3O2. The van der Waals surface area contributed by atoms with Crippen LogP contribution in [0.2, 0.25) is 5.02 Å². The van der Waals surface area contributed by atoms with Crippen LogP contribution in [0.5, 0.6) is 5.75 Å². The highest BCUT2D eigenvalue weighted by molar-refractivity contribution is 6.30. The first kappa shape index (κ1) is 22.9. The zero-order chi connectivity index (χ0) is 24.0. The summed E-state index contributed by atoms with van der Waals surface area (Å²) < 4.78 is 6.57. The molecule has 1 saturated heterocycles. The number of aromatic nitrogens is 2. The summed E-state index contributed by atoms with van der Waals surface area (Å²) in [5.74, 6) is 2.71. The minimum atomic E-state index is -0.436. The molecule has 3 heterocycles. The van der Waals surface area contributed by atoms with Crippen molar-refractivity contribution in [3.05, 3.63) is 80.8 Å². The molecule has 1 aromatic heterocycles. The lowest BCUT2D eigenvalue weighted by Crippen LogP contribution is -2.51. The van der Waals surface area contributed by atoms with E-state index < -0.39 is 5.60 Å². The van der Waals surface area contributed by atoms with Gasteiger partial charge in [-0.2, -0.15) is 0 Å². The number of nitrogens with zero attached hydrogens (tertiary/aromatic N) is 3. The Kier molecular flexibility index (Phi) is 5.85. The number of fused-ring (bicyclic) bond motifs is 1. The molecule has 6 heteroatoms. The maximum absolute atomic E-state index is 13.1. The van der Waals surface area contributed by atoms with Gasteiger partial charge in [-0.25, -0.2) is 9.97 Å². The van der Waals surface area contributed by atoms with Crippen LogP contribution in [0.25, 0.3) is 0 Å². The van der Waals surface area contributed by atoms with Crippen molar-refractivity contribution in [3.8, 4) is 5.75 Å². The molecule has 3 aromatic rings. The number of hydrogen-bond donors (Lipinski definition) is 0. The summed E-state index contributed by atoms with van der Waals surface area (Å²) >= 11 is 6.08. The quantitative estimate of drug-likeness (QED) is 0.468. The van der Waals surface area contributed by atoms with Crippen LogP contribution in [0.15, 0.2) is 36.4 Å². The zero-order valence-electron chi connectivity index (χ0n) is 20.2. The van der Waals surface area contributed by atoms with E-state index in [9.17, 15) is 4.79 Å². The Bertz CT molecular complexity index is 1260. The first-order valence-electron chi connectivity index (χ1n) is 11.9. The van der Waals surface area contributed by atoms with E-state index >= 15 is 0 Å². The summed E-state index contributed by atoms with van der Waals surface area (Å²) in [6, 6.07) is 12.0. The van der Waals surface area contributed by atoms with Crippen molar-refractivity contribution in [2.75, 3.05) is 18.0 Å². The van der Waals surface area contributed by atoms with Crippen LogP contribution in [0.4, 0.5) is 5.82 Å². The number of ketones is 1. The van der Waals surface area contributed by atoms with Crippen molar-refractivity contribution >= 4 is 23.2 Å². The van der Waals surface area contributed by atoms with Gasteiger partial charge in [-0.3, -0.25) is 4.79 Å². The van der Waals surface area contributed by atoms with E-state index in [1.165, 1.54) is 5.56 Å². The minimum Gasteiger partial charge on any atom is -0.486 e. The topological polar surface area (TPSA) is 55.3 Å². The van der Waals surface area contributed by atoms with Crippen LogP contribution in [0.1, 0.15) is 63.4 Å². The number of carbonyl (C=O) groups is 1. The fraction of sp³-hybridized carbons (Fsp3) is 0.393. The number of rotatable bonds is 3. The van der Waals surface area contributed by atoms with Gasteiger partial charge in [0.25, 0.3) is 0 Å². The van der Waals surface area contributed by atoms with Crippen molar-refractivity contribution in [2.45, 2.75) is 59.0 Å². The van der Waals surface area contributed by atoms with Gasteiger partial charge in [0.1, 0.15) is 23.0 Å². The van der Waals surface area contributed by atoms with E-state index in [4.69, 9.17) is 21.3 Å². The van der Waals surface area contributed by atoms with Crippen molar-refractivity contribution in [2.24, 2.45) is 0 Å².